The summed E-state index contributed by atoms with van der Waals surface area (Å²) in [7, 11) is 0. The molecule has 4 N–H and O–H groups in total. The summed E-state index contributed by atoms with van der Waals surface area (Å²) in [6, 6.07) is 0. The van der Waals surface area contributed by atoms with E-state index in [9.17, 15) is 0 Å². The highest BCUT2D eigenvalue weighted by atomic mass is 16.3. The second-order valence-corrected chi connectivity index (χ2v) is 5.02. The number of hydrogen-bond acceptors (Lipinski definition) is 4. The maximum Gasteiger partial charge on any atom is 0.0500 e. The molecular weight excluding hydrogens is 180 g/mol. The minimum atomic E-state index is 0.156. The molecule has 0 atom stereocenters. The van der Waals surface area contributed by atoms with Crippen molar-refractivity contribution < 1.29 is 10.2 Å². The lowest BCUT2D eigenvalue weighted by atomic mass is 10.1. The molecule has 0 saturated heterocycles. The van der Waals surface area contributed by atoms with E-state index >= 15 is 0 Å². The SMILES string of the molecule is OCC1(CNNCC2(CO)CC2)CC1. The van der Waals surface area contributed by atoms with Gasteiger partial charge in [-0.1, -0.05) is 0 Å². The van der Waals surface area contributed by atoms with E-state index in [4.69, 9.17) is 10.2 Å². The van der Waals surface area contributed by atoms with Gasteiger partial charge in [-0.25, -0.2) is 0 Å². The Balaban J connectivity index is 1.55. The fraction of sp³-hybridized carbons (Fsp3) is 1.00. The fourth-order valence-corrected chi connectivity index (χ4v) is 1.64. The molecular formula is C10H20N2O2. The Morgan fingerprint density at radius 2 is 1.14 bits per heavy atom. The molecule has 2 rings (SSSR count). The molecule has 0 aliphatic heterocycles. The van der Waals surface area contributed by atoms with E-state index in [1.54, 1.807) is 0 Å². The van der Waals surface area contributed by atoms with Crippen LogP contribution in [0.2, 0.25) is 0 Å². The summed E-state index contributed by atoms with van der Waals surface area (Å²) >= 11 is 0. The van der Waals surface area contributed by atoms with Crippen LogP contribution in [0.1, 0.15) is 25.7 Å². The van der Waals surface area contributed by atoms with E-state index in [1.807, 2.05) is 0 Å². The molecule has 2 aliphatic rings. The van der Waals surface area contributed by atoms with Crippen molar-refractivity contribution in [3.8, 4) is 0 Å². The summed E-state index contributed by atoms with van der Waals surface area (Å²) in [6.45, 7) is 2.25. The maximum absolute atomic E-state index is 9.07. The van der Waals surface area contributed by atoms with Crippen molar-refractivity contribution in [2.45, 2.75) is 25.7 Å². The molecule has 14 heavy (non-hydrogen) atoms. The fourth-order valence-electron chi connectivity index (χ4n) is 1.64. The van der Waals surface area contributed by atoms with Gasteiger partial charge in [-0.15, -0.1) is 0 Å². The molecule has 82 valence electrons. The summed E-state index contributed by atoms with van der Waals surface area (Å²) in [4.78, 5) is 0. The van der Waals surface area contributed by atoms with Crippen LogP contribution in [0, 0.1) is 10.8 Å². The van der Waals surface area contributed by atoms with E-state index in [2.05, 4.69) is 10.9 Å². The van der Waals surface area contributed by atoms with Gasteiger partial charge >= 0.3 is 0 Å². The molecule has 0 spiro atoms. The summed E-state index contributed by atoms with van der Waals surface area (Å²) < 4.78 is 0. The van der Waals surface area contributed by atoms with Gasteiger partial charge in [0.2, 0.25) is 0 Å². The topological polar surface area (TPSA) is 64.5 Å². The third-order valence-corrected chi connectivity index (χ3v) is 3.64. The monoisotopic (exact) mass is 200 g/mol. The first-order chi connectivity index (χ1) is 6.74. The van der Waals surface area contributed by atoms with Crippen LogP contribution in [-0.2, 0) is 0 Å². The standard InChI is InChI=1S/C10H20N2O2/c13-7-9(1-2-9)5-11-12-6-10(8-14)3-4-10/h11-14H,1-8H2. The Morgan fingerprint density at radius 3 is 1.36 bits per heavy atom. The van der Waals surface area contributed by atoms with E-state index in [0.29, 0.717) is 0 Å². The van der Waals surface area contributed by atoms with Gasteiger partial charge in [0.1, 0.15) is 0 Å². The summed E-state index contributed by atoms with van der Waals surface area (Å²) in [5.74, 6) is 0. The Labute approximate surface area is 84.7 Å². The quantitative estimate of drug-likeness (QED) is 0.334. The van der Waals surface area contributed by atoms with Crippen LogP contribution >= 0.6 is 0 Å². The first-order valence-electron chi connectivity index (χ1n) is 5.42. The van der Waals surface area contributed by atoms with E-state index in [1.165, 1.54) is 0 Å². The Hall–Kier alpha value is -0.160. The van der Waals surface area contributed by atoms with Gasteiger partial charge in [-0.2, -0.15) is 0 Å². The highest BCUT2D eigenvalue weighted by Gasteiger charge is 2.43. The van der Waals surface area contributed by atoms with Crippen molar-refractivity contribution in [1.82, 2.24) is 10.9 Å². The zero-order valence-electron chi connectivity index (χ0n) is 8.55. The van der Waals surface area contributed by atoms with Crippen molar-refractivity contribution in [2.75, 3.05) is 26.3 Å². The number of rotatable bonds is 7. The summed E-state index contributed by atoms with van der Waals surface area (Å²) in [6.07, 6.45) is 4.51. The lowest BCUT2D eigenvalue weighted by Crippen LogP contribution is -2.41. The van der Waals surface area contributed by atoms with Crippen LogP contribution in [-0.4, -0.2) is 36.5 Å². The van der Waals surface area contributed by atoms with Gasteiger partial charge in [0.25, 0.3) is 0 Å². The van der Waals surface area contributed by atoms with Crippen LogP contribution in [0.25, 0.3) is 0 Å². The molecule has 2 aliphatic carbocycles. The van der Waals surface area contributed by atoms with Crippen molar-refractivity contribution in [3.63, 3.8) is 0 Å². The molecule has 0 aromatic carbocycles. The van der Waals surface area contributed by atoms with Gasteiger partial charge in [-0.3, -0.25) is 10.9 Å². The van der Waals surface area contributed by atoms with Gasteiger partial charge in [0.15, 0.2) is 0 Å². The molecule has 2 saturated carbocycles. The minimum Gasteiger partial charge on any atom is -0.396 e. The summed E-state index contributed by atoms with van der Waals surface area (Å²) in [5.41, 5.74) is 6.61. The van der Waals surface area contributed by atoms with Crippen molar-refractivity contribution in [2.24, 2.45) is 10.8 Å². The first kappa shape index (κ1) is 10.4. The Morgan fingerprint density at radius 1 is 0.786 bits per heavy atom. The first-order valence-corrected chi connectivity index (χ1v) is 5.42. The number of hydrogen-bond donors (Lipinski definition) is 4. The zero-order chi connectivity index (χ0) is 10.1. The molecule has 0 radical (unpaired) electrons. The molecule has 0 bridgehead atoms. The van der Waals surface area contributed by atoms with E-state index in [-0.39, 0.29) is 24.0 Å². The largest absolute Gasteiger partial charge is 0.396 e. The minimum absolute atomic E-state index is 0.156. The molecule has 0 unspecified atom stereocenters. The molecule has 0 aromatic rings. The normalized spacial score (nSPS) is 26.1. The smallest absolute Gasteiger partial charge is 0.0500 e. The number of hydrazine groups is 1. The highest BCUT2D eigenvalue weighted by Crippen LogP contribution is 2.45. The van der Waals surface area contributed by atoms with Crippen molar-refractivity contribution in [3.05, 3.63) is 0 Å². The van der Waals surface area contributed by atoms with Gasteiger partial charge < -0.3 is 10.2 Å². The predicted molar refractivity (Wildman–Crippen MR) is 53.5 cm³/mol. The second-order valence-electron chi connectivity index (χ2n) is 5.02. The van der Waals surface area contributed by atoms with Gasteiger partial charge in [0, 0.05) is 37.1 Å². The molecule has 0 amide bonds. The van der Waals surface area contributed by atoms with Crippen LogP contribution in [0.15, 0.2) is 0 Å². The predicted octanol–water partition coefficient (Wildman–Crippen LogP) is -0.374. The Bertz CT molecular complexity index is 178. The van der Waals surface area contributed by atoms with Crippen LogP contribution in [0.3, 0.4) is 0 Å². The third-order valence-electron chi connectivity index (χ3n) is 3.64. The molecule has 2 fully saturated rings. The molecule has 4 nitrogen and oxygen atoms in total. The highest BCUT2D eigenvalue weighted by molar-refractivity contribution is 4.95. The van der Waals surface area contributed by atoms with Crippen molar-refractivity contribution in [1.29, 1.82) is 0 Å². The van der Waals surface area contributed by atoms with E-state index in [0.717, 1.165) is 38.8 Å². The second kappa shape index (κ2) is 3.77. The van der Waals surface area contributed by atoms with Crippen LogP contribution < -0.4 is 10.9 Å². The molecule has 0 heterocycles. The lowest BCUT2D eigenvalue weighted by Gasteiger charge is -2.16. The number of aliphatic hydroxyl groups is 2. The molecule has 4 heteroatoms. The lowest BCUT2D eigenvalue weighted by molar-refractivity contribution is 0.187. The molecule has 0 aromatic heterocycles. The van der Waals surface area contributed by atoms with Crippen LogP contribution in [0.4, 0.5) is 0 Å². The van der Waals surface area contributed by atoms with Crippen molar-refractivity contribution >= 4 is 0 Å². The van der Waals surface area contributed by atoms with Gasteiger partial charge in [-0.05, 0) is 25.7 Å². The maximum atomic E-state index is 9.07. The summed E-state index contributed by atoms with van der Waals surface area (Å²) in [5, 5.41) is 18.1. The van der Waals surface area contributed by atoms with Gasteiger partial charge in [0.05, 0.1) is 0 Å². The average Bonchev–Trinajstić information content (AvgIpc) is 3.11. The third kappa shape index (κ3) is 2.25. The van der Waals surface area contributed by atoms with Crippen LogP contribution in [0.5, 0.6) is 0 Å². The number of nitrogens with one attached hydrogen (secondary N) is 2. The van der Waals surface area contributed by atoms with E-state index < -0.39 is 0 Å². The Kier molecular flexibility index (Phi) is 2.79. The number of aliphatic hydroxyl groups excluding tert-OH is 2. The average molecular weight is 200 g/mol. The zero-order valence-corrected chi connectivity index (χ0v) is 8.55.